The Kier molecular flexibility index (Phi) is 6.02. The van der Waals surface area contributed by atoms with Crippen LogP contribution in [0.1, 0.15) is 37.9 Å². The quantitative estimate of drug-likeness (QED) is 0.665. The van der Waals surface area contributed by atoms with Gasteiger partial charge in [0.2, 0.25) is 0 Å². The van der Waals surface area contributed by atoms with E-state index in [1.54, 1.807) is 0 Å². The van der Waals surface area contributed by atoms with Gasteiger partial charge in [0.15, 0.2) is 0 Å². The highest BCUT2D eigenvalue weighted by atomic mass is 15.3. The summed E-state index contributed by atoms with van der Waals surface area (Å²) in [4.78, 5) is 2.48. The predicted molar refractivity (Wildman–Crippen MR) is 106 cm³/mol. The van der Waals surface area contributed by atoms with Crippen molar-refractivity contribution in [3.05, 3.63) is 78.2 Å². The van der Waals surface area contributed by atoms with E-state index in [0.29, 0.717) is 0 Å². The largest absolute Gasteiger partial charge is 0.299 e. The van der Waals surface area contributed by atoms with E-state index in [0.717, 1.165) is 24.3 Å². The van der Waals surface area contributed by atoms with Gasteiger partial charge in [-0.2, -0.15) is 5.10 Å². The van der Waals surface area contributed by atoms with Crippen molar-refractivity contribution in [2.75, 3.05) is 13.1 Å². The maximum absolute atomic E-state index is 4.93. The molecule has 0 amide bonds. The smallest absolute Gasteiger partial charge is 0.0972 e. The van der Waals surface area contributed by atoms with Gasteiger partial charge in [-0.3, -0.25) is 4.90 Å². The number of nitrogens with zero attached hydrogens (tertiary/aromatic N) is 3. The highest BCUT2D eigenvalue weighted by Gasteiger charge is 2.19. The van der Waals surface area contributed by atoms with Gasteiger partial charge in [-0.05, 0) is 45.0 Å². The number of hydrogen-bond donors (Lipinski definition) is 0. The SMILES string of the molecule is C\C=C/C=C(\C=C/CC)c1nn(-c2ccccc2)cc1CN1CCC1. The molecule has 1 aromatic carbocycles. The Morgan fingerprint density at radius 3 is 2.64 bits per heavy atom. The maximum atomic E-state index is 4.93. The van der Waals surface area contributed by atoms with Crippen molar-refractivity contribution < 1.29 is 0 Å². The van der Waals surface area contributed by atoms with Crippen molar-refractivity contribution in [3.8, 4) is 5.69 Å². The molecule has 0 atom stereocenters. The first kappa shape index (κ1) is 17.4. The average molecular weight is 333 g/mol. The van der Waals surface area contributed by atoms with Gasteiger partial charge < -0.3 is 0 Å². The minimum Gasteiger partial charge on any atom is -0.299 e. The molecule has 0 spiro atoms. The third-order valence-corrected chi connectivity index (χ3v) is 4.43. The number of likely N-dealkylation sites (tertiary alicyclic amines) is 1. The summed E-state index contributed by atoms with van der Waals surface area (Å²) in [6.07, 6.45) is 15.2. The van der Waals surface area contributed by atoms with E-state index in [-0.39, 0.29) is 0 Å². The number of benzene rings is 1. The first-order valence-corrected chi connectivity index (χ1v) is 9.18. The van der Waals surface area contributed by atoms with E-state index in [1.165, 1.54) is 30.6 Å². The van der Waals surface area contributed by atoms with E-state index in [2.05, 4.69) is 72.7 Å². The Morgan fingerprint density at radius 1 is 1.20 bits per heavy atom. The standard InChI is InChI=1S/C22H27N3/c1-3-5-11-19(12-6-4-2)22-20(17-24-15-10-16-24)18-25(23-22)21-13-8-7-9-14-21/h3,5-9,11-14,18H,4,10,15-17H2,1-2H3/b5-3-,12-6-,19-11+. The van der Waals surface area contributed by atoms with Crippen LogP contribution in [0.4, 0.5) is 0 Å². The predicted octanol–water partition coefficient (Wildman–Crippen LogP) is 5.00. The number of allylic oxidation sites excluding steroid dienone is 6. The van der Waals surface area contributed by atoms with Gasteiger partial charge in [-0.25, -0.2) is 4.68 Å². The van der Waals surface area contributed by atoms with E-state index >= 15 is 0 Å². The number of hydrogen-bond acceptors (Lipinski definition) is 2. The fourth-order valence-corrected chi connectivity index (χ4v) is 2.92. The van der Waals surface area contributed by atoms with Crippen LogP contribution in [0.3, 0.4) is 0 Å². The van der Waals surface area contributed by atoms with E-state index in [4.69, 9.17) is 5.10 Å². The molecule has 3 nitrogen and oxygen atoms in total. The first-order chi connectivity index (χ1) is 12.3. The topological polar surface area (TPSA) is 21.1 Å². The van der Waals surface area contributed by atoms with E-state index in [1.807, 2.05) is 17.7 Å². The van der Waals surface area contributed by atoms with E-state index < -0.39 is 0 Å². The molecule has 25 heavy (non-hydrogen) atoms. The van der Waals surface area contributed by atoms with Crippen molar-refractivity contribution in [2.24, 2.45) is 0 Å². The second-order valence-electron chi connectivity index (χ2n) is 6.37. The van der Waals surface area contributed by atoms with Crippen molar-refractivity contribution in [1.29, 1.82) is 0 Å². The van der Waals surface area contributed by atoms with Crippen LogP contribution in [-0.2, 0) is 6.54 Å². The summed E-state index contributed by atoms with van der Waals surface area (Å²) < 4.78 is 2.01. The van der Waals surface area contributed by atoms with Crippen LogP contribution in [0, 0.1) is 0 Å². The second-order valence-corrected chi connectivity index (χ2v) is 6.37. The highest BCUT2D eigenvalue weighted by molar-refractivity contribution is 5.75. The molecule has 0 bridgehead atoms. The molecule has 0 radical (unpaired) electrons. The lowest BCUT2D eigenvalue weighted by Gasteiger charge is -2.30. The number of rotatable bonds is 7. The fourth-order valence-electron chi connectivity index (χ4n) is 2.92. The summed E-state index contributed by atoms with van der Waals surface area (Å²) in [5.74, 6) is 0. The number of aromatic nitrogens is 2. The third-order valence-electron chi connectivity index (χ3n) is 4.43. The molecule has 3 rings (SSSR count). The molecule has 1 aliphatic heterocycles. The Hall–Kier alpha value is -2.39. The molecule has 1 saturated heterocycles. The molecule has 1 aromatic heterocycles. The monoisotopic (exact) mass is 333 g/mol. The van der Waals surface area contributed by atoms with Gasteiger partial charge in [0.05, 0.1) is 11.4 Å². The molecule has 2 aromatic rings. The summed E-state index contributed by atoms with van der Waals surface area (Å²) in [6.45, 7) is 7.55. The van der Waals surface area contributed by atoms with Gasteiger partial charge in [-0.1, -0.05) is 55.5 Å². The molecule has 1 aliphatic rings. The minimum absolute atomic E-state index is 0.968. The molecule has 2 heterocycles. The van der Waals surface area contributed by atoms with Crippen molar-refractivity contribution in [3.63, 3.8) is 0 Å². The fraction of sp³-hybridized carbons (Fsp3) is 0.318. The normalized spacial score (nSPS) is 16.0. The van der Waals surface area contributed by atoms with Gasteiger partial charge >= 0.3 is 0 Å². The lowest BCUT2D eigenvalue weighted by molar-refractivity contribution is 0.172. The van der Waals surface area contributed by atoms with Crippen molar-refractivity contribution in [1.82, 2.24) is 14.7 Å². The van der Waals surface area contributed by atoms with Crippen LogP contribution in [0.5, 0.6) is 0 Å². The molecular weight excluding hydrogens is 306 g/mol. The summed E-state index contributed by atoms with van der Waals surface area (Å²) in [6, 6.07) is 10.3. The van der Waals surface area contributed by atoms with Gasteiger partial charge in [0, 0.05) is 23.9 Å². The average Bonchev–Trinajstić information content (AvgIpc) is 3.03. The van der Waals surface area contributed by atoms with Crippen molar-refractivity contribution in [2.45, 2.75) is 33.2 Å². The van der Waals surface area contributed by atoms with Gasteiger partial charge in [0.1, 0.15) is 0 Å². The van der Waals surface area contributed by atoms with Crippen LogP contribution in [0.15, 0.2) is 66.9 Å². The molecule has 0 unspecified atom stereocenters. The minimum atomic E-state index is 0.968. The Balaban J connectivity index is 2.01. The number of para-hydroxylation sites is 1. The molecule has 130 valence electrons. The molecule has 0 aliphatic carbocycles. The lowest BCUT2D eigenvalue weighted by Crippen LogP contribution is -2.36. The van der Waals surface area contributed by atoms with Gasteiger partial charge in [0.25, 0.3) is 0 Å². The Labute approximate surface area is 151 Å². The summed E-state index contributed by atoms with van der Waals surface area (Å²) >= 11 is 0. The summed E-state index contributed by atoms with van der Waals surface area (Å²) in [5, 5.41) is 4.93. The van der Waals surface area contributed by atoms with Crippen LogP contribution in [0.2, 0.25) is 0 Å². The third kappa shape index (κ3) is 4.37. The zero-order valence-corrected chi connectivity index (χ0v) is 15.2. The summed E-state index contributed by atoms with van der Waals surface area (Å²) in [5.41, 5.74) is 4.65. The second kappa shape index (κ2) is 8.63. The van der Waals surface area contributed by atoms with Crippen LogP contribution in [-0.4, -0.2) is 27.8 Å². The van der Waals surface area contributed by atoms with Gasteiger partial charge in [-0.15, -0.1) is 0 Å². The Morgan fingerprint density at radius 2 is 2.00 bits per heavy atom. The molecule has 0 saturated carbocycles. The van der Waals surface area contributed by atoms with Crippen molar-refractivity contribution >= 4 is 5.57 Å². The Bertz CT molecular complexity index is 762. The zero-order valence-electron chi connectivity index (χ0n) is 15.2. The summed E-state index contributed by atoms with van der Waals surface area (Å²) in [7, 11) is 0. The lowest BCUT2D eigenvalue weighted by atomic mass is 10.1. The first-order valence-electron chi connectivity index (χ1n) is 9.18. The highest BCUT2D eigenvalue weighted by Crippen LogP contribution is 2.24. The maximum Gasteiger partial charge on any atom is 0.0972 e. The van der Waals surface area contributed by atoms with E-state index in [9.17, 15) is 0 Å². The molecule has 0 N–H and O–H groups in total. The van der Waals surface area contributed by atoms with Crippen LogP contribution < -0.4 is 0 Å². The zero-order chi connectivity index (χ0) is 17.5. The molecular formula is C22H27N3. The van der Waals surface area contributed by atoms with Crippen LogP contribution >= 0.6 is 0 Å². The molecule has 3 heteroatoms. The molecule has 1 fully saturated rings. The van der Waals surface area contributed by atoms with Crippen LogP contribution in [0.25, 0.3) is 11.3 Å².